The maximum absolute atomic E-state index is 12.9. The van der Waals surface area contributed by atoms with E-state index in [2.05, 4.69) is 20.7 Å². The number of carbonyl (C=O) groups excluding carboxylic acids is 3. The van der Waals surface area contributed by atoms with Gasteiger partial charge in [-0.05, 0) is 36.5 Å². The van der Waals surface area contributed by atoms with E-state index >= 15 is 0 Å². The Hall–Kier alpha value is -3.23. The van der Waals surface area contributed by atoms with Gasteiger partial charge in [-0.1, -0.05) is 31.9 Å². The van der Waals surface area contributed by atoms with Crippen LogP contribution in [0.15, 0.2) is 36.9 Å². The standard InChI is InChI=1S/C20H24N6O3/c1-14-4-2-3-9-20(14)18(28)26(19(29)24-20)11-17(27)23-16-7-5-15(6-8-16)10-25-13-21-12-22-25/h5-8,12-14H,2-4,9-11H2,1H3,(H,23,27)(H,24,29)/t14-,20+/m0/s1. The van der Waals surface area contributed by atoms with Gasteiger partial charge >= 0.3 is 6.03 Å². The summed E-state index contributed by atoms with van der Waals surface area (Å²) in [6.07, 6.45) is 6.59. The van der Waals surface area contributed by atoms with Crippen molar-refractivity contribution in [2.75, 3.05) is 11.9 Å². The van der Waals surface area contributed by atoms with Gasteiger partial charge in [-0.15, -0.1) is 0 Å². The second-order valence-electron chi connectivity index (χ2n) is 7.78. The van der Waals surface area contributed by atoms with E-state index in [0.29, 0.717) is 18.7 Å². The zero-order valence-corrected chi connectivity index (χ0v) is 16.3. The van der Waals surface area contributed by atoms with E-state index in [4.69, 9.17) is 0 Å². The molecule has 2 fully saturated rings. The lowest BCUT2D eigenvalue weighted by Crippen LogP contribution is -2.54. The lowest BCUT2D eigenvalue weighted by Gasteiger charge is -2.36. The zero-order chi connectivity index (χ0) is 20.4. The molecule has 2 heterocycles. The molecule has 9 nitrogen and oxygen atoms in total. The zero-order valence-electron chi connectivity index (χ0n) is 16.3. The minimum Gasteiger partial charge on any atom is -0.325 e. The van der Waals surface area contributed by atoms with Gasteiger partial charge in [-0.3, -0.25) is 14.5 Å². The molecule has 2 atom stereocenters. The predicted octanol–water partition coefficient (Wildman–Crippen LogP) is 1.77. The number of benzene rings is 1. The van der Waals surface area contributed by atoms with E-state index < -0.39 is 17.5 Å². The number of imide groups is 1. The fraction of sp³-hybridized carbons (Fsp3) is 0.450. The molecular weight excluding hydrogens is 372 g/mol. The van der Waals surface area contributed by atoms with Crippen molar-refractivity contribution >= 4 is 23.5 Å². The van der Waals surface area contributed by atoms with Gasteiger partial charge in [0.05, 0.1) is 6.54 Å². The lowest BCUT2D eigenvalue weighted by molar-refractivity contribution is -0.136. The third-order valence-electron chi connectivity index (χ3n) is 5.85. The van der Waals surface area contributed by atoms with Gasteiger partial charge in [-0.25, -0.2) is 14.5 Å². The van der Waals surface area contributed by atoms with Crippen LogP contribution in [0.5, 0.6) is 0 Å². The largest absolute Gasteiger partial charge is 0.325 e. The molecule has 2 N–H and O–H groups in total. The van der Waals surface area contributed by atoms with Gasteiger partial charge in [0.2, 0.25) is 5.91 Å². The van der Waals surface area contributed by atoms with Gasteiger partial charge in [0.1, 0.15) is 24.7 Å². The summed E-state index contributed by atoms with van der Waals surface area (Å²) >= 11 is 0. The first-order valence-corrected chi connectivity index (χ1v) is 9.83. The van der Waals surface area contributed by atoms with Crippen LogP contribution in [0.4, 0.5) is 10.5 Å². The van der Waals surface area contributed by atoms with Crippen LogP contribution in [0.3, 0.4) is 0 Å². The summed E-state index contributed by atoms with van der Waals surface area (Å²) in [4.78, 5) is 42.7. The van der Waals surface area contributed by atoms with E-state index in [1.54, 1.807) is 23.1 Å². The Balaban J connectivity index is 1.37. The van der Waals surface area contributed by atoms with Crippen molar-refractivity contribution in [3.8, 4) is 0 Å². The quantitative estimate of drug-likeness (QED) is 0.749. The molecule has 0 radical (unpaired) electrons. The Kier molecular flexibility index (Phi) is 5.04. The minimum atomic E-state index is -0.849. The highest BCUT2D eigenvalue weighted by Crippen LogP contribution is 2.38. The van der Waals surface area contributed by atoms with Crippen LogP contribution < -0.4 is 10.6 Å². The number of aromatic nitrogens is 3. The van der Waals surface area contributed by atoms with Crippen LogP contribution in [0, 0.1) is 5.92 Å². The molecule has 1 saturated carbocycles. The minimum absolute atomic E-state index is 0.0679. The molecule has 29 heavy (non-hydrogen) atoms. The number of rotatable bonds is 5. The van der Waals surface area contributed by atoms with Crippen LogP contribution in [0.25, 0.3) is 0 Å². The summed E-state index contributed by atoms with van der Waals surface area (Å²) in [6.45, 7) is 2.28. The molecule has 1 aliphatic carbocycles. The van der Waals surface area contributed by atoms with Crippen molar-refractivity contribution in [2.45, 2.75) is 44.7 Å². The van der Waals surface area contributed by atoms with Gasteiger partial charge < -0.3 is 10.6 Å². The van der Waals surface area contributed by atoms with Crippen molar-refractivity contribution in [3.05, 3.63) is 42.5 Å². The van der Waals surface area contributed by atoms with E-state index in [9.17, 15) is 14.4 Å². The Morgan fingerprint density at radius 1 is 1.28 bits per heavy atom. The molecule has 1 aromatic heterocycles. The number of anilines is 1. The van der Waals surface area contributed by atoms with E-state index in [1.807, 2.05) is 19.1 Å². The van der Waals surface area contributed by atoms with Crippen LogP contribution in [-0.2, 0) is 16.1 Å². The molecule has 4 amide bonds. The number of hydrogen-bond donors (Lipinski definition) is 2. The second kappa shape index (κ2) is 7.65. The third kappa shape index (κ3) is 3.72. The van der Waals surface area contributed by atoms with E-state index in [0.717, 1.165) is 29.7 Å². The molecule has 1 aliphatic heterocycles. The molecule has 1 spiro atoms. The highest BCUT2D eigenvalue weighted by molar-refractivity contribution is 6.10. The van der Waals surface area contributed by atoms with E-state index in [-0.39, 0.29) is 18.4 Å². The van der Waals surface area contributed by atoms with Crippen molar-refractivity contribution in [3.63, 3.8) is 0 Å². The number of carbonyl (C=O) groups is 3. The summed E-state index contributed by atoms with van der Waals surface area (Å²) < 4.78 is 1.70. The number of nitrogens with one attached hydrogen (secondary N) is 2. The molecule has 0 unspecified atom stereocenters. The topological polar surface area (TPSA) is 109 Å². The molecule has 0 bridgehead atoms. The van der Waals surface area contributed by atoms with Crippen molar-refractivity contribution < 1.29 is 14.4 Å². The predicted molar refractivity (Wildman–Crippen MR) is 105 cm³/mol. The van der Waals surface area contributed by atoms with Crippen LogP contribution in [0.1, 0.15) is 38.2 Å². The van der Waals surface area contributed by atoms with Gasteiger partial charge in [0.25, 0.3) is 5.91 Å². The third-order valence-corrected chi connectivity index (χ3v) is 5.85. The van der Waals surface area contributed by atoms with Gasteiger partial charge in [0, 0.05) is 5.69 Å². The number of nitrogens with zero attached hydrogens (tertiary/aromatic N) is 4. The molecule has 9 heteroatoms. The van der Waals surface area contributed by atoms with Crippen molar-refractivity contribution in [1.29, 1.82) is 0 Å². The Morgan fingerprint density at radius 3 is 2.76 bits per heavy atom. The maximum Gasteiger partial charge on any atom is 0.325 e. The molecular formula is C20H24N6O3. The Morgan fingerprint density at radius 2 is 2.07 bits per heavy atom. The summed E-state index contributed by atoms with van der Waals surface area (Å²) in [6, 6.07) is 6.83. The smallest absolute Gasteiger partial charge is 0.325 e. The number of hydrogen-bond acceptors (Lipinski definition) is 5. The summed E-state index contributed by atoms with van der Waals surface area (Å²) in [7, 11) is 0. The Bertz CT molecular complexity index is 911. The first-order valence-electron chi connectivity index (χ1n) is 9.83. The monoisotopic (exact) mass is 396 g/mol. The molecule has 152 valence electrons. The first-order chi connectivity index (χ1) is 14.0. The highest BCUT2D eigenvalue weighted by Gasteiger charge is 2.55. The average molecular weight is 396 g/mol. The molecule has 1 saturated heterocycles. The van der Waals surface area contributed by atoms with E-state index in [1.165, 1.54) is 6.33 Å². The highest BCUT2D eigenvalue weighted by atomic mass is 16.2. The molecule has 2 aliphatic rings. The van der Waals surface area contributed by atoms with Crippen molar-refractivity contribution in [2.24, 2.45) is 5.92 Å². The summed E-state index contributed by atoms with van der Waals surface area (Å²) in [5, 5.41) is 9.67. The lowest BCUT2D eigenvalue weighted by atomic mass is 9.73. The van der Waals surface area contributed by atoms with Gasteiger partial charge in [0.15, 0.2) is 0 Å². The average Bonchev–Trinajstić information content (AvgIpc) is 3.29. The fourth-order valence-corrected chi connectivity index (χ4v) is 4.18. The number of amides is 4. The van der Waals surface area contributed by atoms with Crippen LogP contribution in [0.2, 0.25) is 0 Å². The van der Waals surface area contributed by atoms with Crippen molar-refractivity contribution in [1.82, 2.24) is 25.0 Å². The second-order valence-corrected chi connectivity index (χ2v) is 7.78. The van der Waals surface area contributed by atoms with Crippen LogP contribution in [-0.4, -0.2) is 49.6 Å². The summed E-state index contributed by atoms with van der Waals surface area (Å²) in [5.41, 5.74) is 0.763. The fourth-order valence-electron chi connectivity index (χ4n) is 4.18. The summed E-state index contributed by atoms with van der Waals surface area (Å²) in [5.74, 6) is -0.621. The Labute approximate surface area is 168 Å². The molecule has 2 aromatic rings. The normalized spacial score (nSPS) is 24.0. The molecule has 4 rings (SSSR count). The SMILES string of the molecule is C[C@H]1CCCC[C@@]12NC(=O)N(CC(=O)Nc1ccc(Cn3cncn3)cc1)C2=O. The first kappa shape index (κ1) is 19.1. The van der Waals surface area contributed by atoms with Crippen LogP contribution >= 0.6 is 0 Å². The molecule has 1 aromatic carbocycles. The van der Waals surface area contributed by atoms with Gasteiger partial charge in [-0.2, -0.15) is 5.10 Å². The maximum atomic E-state index is 12.9. The number of urea groups is 1.